The second kappa shape index (κ2) is 9.94. The highest BCUT2D eigenvalue weighted by molar-refractivity contribution is 7.89. The summed E-state index contributed by atoms with van der Waals surface area (Å²) >= 11 is 0. The number of carbonyl (C=O) groups excluding carboxylic acids is 1. The van der Waals surface area contributed by atoms with Crippen molar-refractivity contribution in [1.29, 1.82) is 5.26 Å². The number of piperidine rings is 1. The number of nitrogens with zero attached hydrogens (tertiary/aromatic N) is 3. The minimum absolute atomic E-state index is 0.0346. The van der Waals surface area contributed by atoms with Crippen LogP contribution < -0.4 is 4.74 Å². The summed E-state index contributed by atoms with van der Waals surface area (Å²) in [5.74, 6) is 0.746. The molecule has 2 saturated heterocycles. The van der Waals surface area contributed by atoms with Crippen LogP contribution in [0.5, 0.6) is 5.75 Å². The van der Waals surface area contributed by atoms with Crippen molar-refractivity contribution in [2.24, 2.45) is 5.92 Å². The van der Waals surface area contributed by atoms with Crippen LogP contribution in [-0.4, -0.2) is 49.8 Å². The molecule has 2 aliphatic rings. The molecule has 174 valence electrons. The van der Waals surface area contributed by atoms with Gasteiger partial charge in [0.2, 0.25) is 15.9 Å². The van der Waals surface area contributed by atoms with Gasteiger partial charge in [-0.1, -0.05) is 24.3 Å². The molecular weight excluding hydrogens is 438 g/mol. The molecule has 0 aromatic heterocycles. The standard InChI is InChI=1S/C25H29N3O4S/c1-2-32-22-11-9-19(10-12-22)23-7-5-15-28(23)25(29)20-13-16-27(17-14-20)33(30,31)24-8-4-3-6-21(24)18-26/h3-4,6,8-12,20,23H,2,5,7,13-17H2,1H3/t23-/m1/s1. The van der Waals surface area contributed by atoms with E-state index in [4.69, 9.17) is 4.74 Å². The van der Waals surface area contributed by atoms with Crippen molar-refractivity contribution in [3.05, 3.63) is 59.7 Å². The fraction of sp³-hybridized carbons (Fsp3) is 0.440. The van der Waals surface area contributed by atoms with E-state index >= 15 is 0 Å². The van der Waals surface area contributed by atoms with E-state index in [1.165, 1.54) is 16.4 Å². The number of carbonyl (C=O) groups is 1. The minimum Gasteiger partial charge on any atom is -0.494 e. The number of benzene rings is 2. The zero-order chi connectivity index (χ0) is 23.4. The molecule has 0 aliphatic carbocycles. The van der Waals surface area contributed by atoms with Crippen molar-refractivity contribution in [1.82, 2.24) is 9.21 Å². The van der Waals surface area contributed by atoms with Gasteiger partial charge in [-0.2, -0.15) is 9.57 Å². The van der Waals surface area contributed by atoms with Gasteiger partial charge in [-0.3, -0.25) is 4.79 Å². The van der Waals surface area contributed by atoms with Crippen LogP contribution in [0.1, 0.15) is 49.8 Å². The molecule has 2 fully saturated rings. The van der Waals surface area contributed by atoms with Gasteiger partial charge in [0.1, 0.15) is 11.8 Å². The Morgan fingerprint density at radius 2 is 1.76 bits per heavy atom. The average Bonchev–Trinajstić information content (AvgIpc) is 3.34. The summed E-state index contributed by atoms with van der Waals surface area (Å²) < 4.78 is 33.1. The Balaban J connectivity index is 1.42. The predicted octanol–water partition coefficient (Wildman–Crippen LogP) is 3.72. The smallest absolute Gasteiger partial charge is 0.244 e. The monoisotopic (exact) mass is 467 g/mol. The van der Waals surface area contributed by atoms with Gasteiger partial charge in [0.05, 0.1) is 23.1 Å². The maximum atomic E-state index is 13.4. The van der Waals surface area contributed by atoms with Crippen molar-refractivity contribution < 1.29 is 17.9 Å². The summed E-state index contributed by atoms with van der Waals surface area (Å²) in [5.41, 5.74) is 1.25. The fourth-order valence-electron chi connectivity index (χ4n) is 4.83. The number of rotatable bonds is 6. The second-order valence-corrected chi connectivity index (χ2v) is 10.4. The van der Waals surface area contributed by atoms with E-state index in [0.29, 0.717) is 19.4 Å². The highest BCUT2D eigenvalue weighted by Crippen LogP contribution is 2.36. The van der Waals surface area contributed by atoms with E-state index in [-0.39, 0.29) is 41.4 Å². The molecule has 4 rings (SSSR count). The first-order valence-electron chi connectivity index (χ1n) is 11.5. The first kappa shape index (κ1) is 23.3. The van der Waals surface area contributed by atoms with Crippen LogP contribution in [-0.2, 0) is 14.8 Å². The molecule has 2 heterocycles. The van der Waals surface area contributed by atoms with Crippen molar-refractivity contribution in [3.8, 4) is 11.8 Å². The lowest BCUT2D eigenvalue weighted by Gasteiger charge is -2.34. The van der Waals surface area contributed by atoms with E-state index in [1.54, 1.807) is 12.1 Å². The molecule has 0 saturated carbocycles. The Hall–Kier alpha value is -2.89. The minimum atomic E-state index is -3.76. The number of nitriles is 1. The molecule has 0 bridgehead atoms. The van der Waals surface area contributed by atoms with E-state index in [0.717, 1.165) is 30.7 Å². The number of amides is 1. The fourth-order valence-corrected chi connectivity index (χ4v) is 6.44. The molecule has 33 heavy (non-hydrogen) atoms. The number of ether oxygens (including phenoxy) is 1. The van der Waals surface area contributed by atoms with Gasteiger partial charge in [0, 0.05) is 25.6 Å². The van der Waals surface area contributed by atoms with E-state index < -0.39 is 10.0 Å². The van der Waals surface area contributed by atoms with E-state index in [9.17, 15) is 18.5 Å². The average molecular weight is 468 g/mol. The van der Waals surface area contributed by atoms with Crippen LogP contribution in [0, 0.1) is 17.2 Å². The third-order valence-corrected chi connectivity index (χ3v) is 8.50. The molecule has 1 amide bonds. The zero-order valence-electron chi connectivity index (χ0n) is 18.8. The predicted molar refractivity (Wildman–Crippen MR) is 124 cm³/mol. The molecule has 2 aromatic rings. The summed E-state index contributed by atoms with van der Waals surface area (Å²) in [6.45, 7) is 3.85. The lowest BCUT2D eigenvalue weighted by atomic mass is 9.95. The van der Waals surface area contributed by atoms with Gasteiger partial charge in [-0.05, 0) is 62.4 Å². The molecule has 0 N–H and O–H groups in total. The van der Waals surface area contributed by atoms with Gasteiger partial charge in [0.25, 0.3) is 0 Å². The Bertz CT molecular complexity index is 1130. The normalized spacial score (nSPS) is 19.9. The highest BCUT2D eigenvalue weighted by Gasteiger charge is 2.38. The SMILES string of the molecule is CCOc1ccc([C@H]2CCCN2C(=O)C2CCN(S(=O)(=O)c3ccccc3C#N)CC2)cc1. The van der Waals surface area contributed by atoms with Crippen LogP contribution in [0.25, 0.3) is 0 Å². The van der Waals surface area contributed by atoms with Crippen LogP contribution in [0.4, 0.5) is 0 Å². The molecule has 0 spiro atoms. The summed E-state index contributed by atoms with van der Waals surface area (Å²) in [6, 6.07) is 16.2. The van der Waals surface area contributed by atoms with E-state index in [1.807, 2.05) is 42.2 Å². The molecule has 0 radical (unpaired) electrons. The third-order valence-electron chi connectivity index (χ3n) is 6.54. The third kappa shape index (κ3) is 4.75. The van der Waals surface area contributed by atoms with Gasteiger partial charge < -0.3 is 9.64 Å². The number of sulfonamides is 1. The molecule has 2 aromatic carbocycles. The summed E-state index contributed by atoms with van der Waals surface area (Å²) in [4.78, 5) is 15.4. The number of hydrogen-bond donors (Lipinski definition) is 0. The van der Waals surface area contributed by atoms with Crippen LogP contribution in [0.2, 0.25) is 0 Å². The zero-order valence-corrected chi connectivity index (χ0v) is 19.6. The Morgan fingerprint density at radius 3 is 2.42 bits per heavy atom. The van der Waals surface area contributed by atoms with Crippen molar-refractivity contribution in [2.45, 2.75) is 43.5 Å². The summed E-state index contributed by atoms with van der Waals surface area (Å²) in [7, 11) is -3.76. The first-order chi connectivity index (χ1) is 16.0. The molecular formula is C25H29N3O4S. The van der Waals surface area contributed by atoms with Crippen LogP contribution in [0.15, 0.2) is 53.4 Å². The Morgan fingerprint density at radius 1 is 1.06 bits per heavy atom. The lowest BCUT2D eigenvalue weighted by molar-refractivity contribution is -0.137. The first-order valence-corrected chi connectivity index (χ1v) is 12.9. The van der Waals surface area contributed by atoms with Gasteiger partial charge in [-0.15, -0.1) is 0 Å². The summed E-state index contributed by atoms with van der Waals surface area (Å²) in [5, 5.41) is 9.29. The Labute approximate surface area is 195 Å². The second-order valence-electron chi connectivity index (χ2n) is 8.48. The van der Waals surface area contributed by atoms with E-state index in [2.05, 4.69) is 0 Å². The van der Waals surface area contributed by atoms with Crippen molar-refractivity contribution >= 4 is 15.9 Å². The van der Waals surface area contributed by atoms with Crippen LogP contribution in [0.3, 0.4) is 0 Å². The quantitative estimate of drug-likeness (QED) is 0.646. The number of likely N-dealkylation sites (tertiary alicyclic amines) is 1. The largest absolute Gasteiger partial charge is 0.494 e. The Kier molecular flexibility index (Phi) is 7.01. The van der Waals surface area contributed by atoms with Gasteiger partial charge >= 0.3 is 0 Å². The molecule has 1 atom stereocenters. The maximum Gasteiger partial charge on any atom is 0.244 e. The van der Waals surface area contributed by atoms with Gasteiger partial charge in [-0.25, -0.2) is 8.42 Å². The van der Waals surface area contributed by atoms with Crippen molar-refractivity contribution in [3.63, 3.8) is 0 Å². The van der Waals surface area contributed by atoms with Crippen LogP contribution >= 0.6 is 0 Å². The molecule has 0 unspecified atom stereocenters. The summed E-state index contributed by atoms with van der Waals surface area (Å²) in [6.07, 6.45) is 2.86. The van der Waals surface area contributed by atoms with Crippen molar-refractivity contribution in [2.75, 3.05) is 26.2 Å². The topological polar surface area (TPSA) is 90.7 Å². The molecule has 7 nitrogen and oxygen atoms in total. The van der Waals surface area contributed by atoms with Gasteiger partial charge in [0.15, 0.2) is 0 Å². The maximum absolute atomic E-state index is 13.4. The highest BCUT2D eigenvalue weighted by atomic mass is 32.2. The lowest BCUT2D eigenvalue weighted by Crippen LogP contribution is -2.44. The molecule has 8 heteroatoms. The number of hydrogen-bond acceptors (Lipinski definition) is 5. The molecule has 2 aliphatic heterocycles.